The predicted octanol–water partition coefficient (Wildman–Crippen LogP) is 1.29. The van der Waals surface area contributed by atoms with Crippen LogP contribution in [-0.2, 0) is 16.0 Å². The molecule has 0 bridgehead atoms. The van der Waals surface area contributed by atoms with Crippen LogP contribution in [0.2, 0.25) is 0 Å². The average molecular weight is 233 g/mol. The van der Waals surface area contributed by atoms with Crippen LogP contribution in [0.1, 0.15) is 12.0 Å². The van der Waals surface area contributed by atoms with E-state index in [4.69, 9.17) is 9.84 Å². The second-order valence-corrected chi connectivity index (χ2v) is 4.63. The highest BCUT2D eigenvalue weighted by molar-refractivity contribution is 5.74. The number of aliphatic carboxylic acids is 1. The van der Waals surface area contributed by atoms with Crippen LogP contribution in [0.5, 0.6) is 0 Å². The summed E-state index contributed by atoms with van der Waals surface area (Å²) in [5, 5.41) is 9.02. The zero-order valence-corrected chi connectivity index (χ0v) is 9.50. The number of morpholine rings is 1. The number of para-hydroxylation sites is 1. The topological polar surface area (TPSA) is 49.8 Å². The van der Waals surface area contributed by atoms with Gasteiger partial charge in [0.05, 0.1) is 19.2 Å². The molecule has 2 heterocycles. The van der Waals surface area contributed by atoms with Crippen LogP contribution < -0.4 is 4.90 Å². The number of benzene rings is 1. The van der Waals surface area contributed by atoms with E-state index in [0.29, 0.717) is 19.2 Å². The highest BCUT2D eigenvalue weighted by atomic mass is 16.5. The number of carbonyl (C=O) groups is 1. The Bertz CT molecular complexity index is 446. The summed E-state index contributed by atoms with van der Waals surface area (Å²) < 4.78 is 5.38. The van der Waals surface area contributed by atoms with Gasteiger partial charge in [-0.05, 0) is 24.5 Å². The number of carboxylic acid groups (broad SMARTS) is 1. The van der Waals surface area contributed by atoms with Crippen LogP contribution in [-0.4, -0.2) is 36.4 Å². The molecule has 2 aliphatic rings. The van der Waals surface area contributed by atoms with Gasteiger partial charge in [-0.1, -0.05) is 18.2 Å². The van der Waals surface area contributed by atoms with Gasteiger partial charge in [-0.2, -0.15) is 0 Å². The van der Waals surface area contributed by atoms with Gasteiger partial charge in [0.15, 0.2) is 6.10 Å². The van der Waals surface area contributed by atoms with Crippen LogP contribution in [0.25, 0.3) is 0 Å². The van der Waals surface area contributed by atoms with Gasteiger partial charge in [-0.3, -0.25) is 0 Å². The monoisotopic (exact) mass is 233 g/mol. The van der Waals surface area contributed by atoms with Crippen LogP contribution >= 0.6 is 0 Å². The molecule has 4 nitrogen and oxygen atoms in total. The van der Waals surface area contributed by atoms with Gasteiger partial charge in [0.25, 0.3) is 0 Å². The fraction of sp³-hybridized carbons (Fsp3) is 0.462. The Kier molecular flexibility index (Phi) is 2.52. The zero-order valence-electron chi connectivity index (χ0n) is 9.50. The first-order valence-corrected chi connectivity index (χ1v) is 5.94. The van der Waals surface area contributed by atoms with Crippen molar-refractivity contribution in [2.45, 2.75) is 25.0 Å². The predicted molar refractivity (Wildman–Crippen MR) is 63.3 cm³/mol. The summed E-state index contributed by atoms with van der Waals surface area (Å²) in [6.07, 6.45) is 1.40. The number of carboxylic acids is 1. The van der Waals surface area contributed by atoms with E-state index >= 15 is 0 Å². The Hall–Kier alpha value is -1.55. The lowest BCUT2D eigenvalue weighted by Crippen LogP contribution is -2.54. The van der Waals surface area contributed by atoms with Gasteiger partial charge in [0, 0.05) is 5.69 Å². The van der Waals surface area contributed by atoms with E-state index in [-0.39, 0.29) is 0 Å². The highest BCUT2D eigenvalue weighted by Gasteiger charge is 2.35. The Morgan fingerprint density at radius 2 is 2.24 bits per heavy atom. The molecule has 0 radical (unpaired) electrons. The van der Waals surface area contributed by atoms with E-state index in [1.807, 2.05) is 12.1 Å². The number of ether oxygens (including phenoxy) is 1. The van der Waals surface area contributed by atoms with Crippen LogP contribution in [0.4, 0.5) is 5.69 Å². The SMILES string of the molecule is O=C(O)C1CN2c3ccccc3CCC2CO1. The van der Waals surface area contributed by atoms with E-state index in [9.17, 15) is 4.79 Å². The fourth-order valence-corrected chi connectivity index (χ4v) is 2.71. The van der Waals surface area contributed by atoms with E-state index in [0.717, 1.165) is 12.8 Å². The van der Waals surface area contributed by atoms with Gasteiger partial charge in [0.2, 0.25) is 0 Å². The number of aryl methyl sites for hydroxylation is 1. The Morgan fingerprint density at radius 1 is 1.41 bits per heavy atom. The first-order chi connectivity index (χ1) is 8.25. The Morgan fingerprint density at radius 3 is 3.06 bits per heavy atom. The number of hydrogen-bond donors (Lipinski definition) is 1. The number of rotatable bonds is 1. The fourth-order valence-electron chi connectivity index (χ4n) is 2.71. The molecule has 1 saturated heterocycles. The van der Waals surface area contributed by atoms with Crippen molar-refractivity contribution in [3.05, 3.63) is 29.8 Å². The molecular weight excluding hydrogens is 218 g/mol. The molecule has 0 aromatic heterocycles. The molecule has 2 atom stereocenters. The molecule has 1 N–H and O–H groups in total. The lowest BCUT2D eigenvalue weighted by molar-refractivity contribution is -0.152. The molecule has 0 spiro atoms. The van der Waals surface area contributed by atoms with Crippen molar-refractivity contribution in [1.29, 1.82) is 0 Å². The first kappa shape index (κ1) is 10.6. The number of fused-ring (bicyclic) bond motifs is 3. The first-order valence-electron chi connectivity index (χ1n) is 5.94. The third-order valence-electron chi connectivity index (χ3n) is 3.62. The molecule has 90 valence electrons. The maximum Gasteiger partial charge on any atom is 0.334 e. The molecule has 0 saturated carbocycles. The summed E-state index contributed by atoms with van der Waals surface area (Å²) in [6, 6.07) is 8.57. The van der Waals surface area contributed by atoms with Crippen LogP contribution in [0.3, 0.4) is 0 Å². The van der Waals surface area contributed by atoms with Crippen molar-refractivity contribution < 1.29 is 14.6 Å². The van der Waals surface area contributed by atoms with E-state index < -0.39 is 12.1 Å². The van der Waals surface area contributed by atoms with Crippen molar-refractivity contribution in [3.63, 3.8) is 0 Å². The summed E-state index contributed by atoms with van der Waals surface area (Å²) in [4.78, 5) is 13.2. The maximum atomic E-state index is 11.0. The van der Waals surface area contributed by atoms with E-state index in [2.05, 4.69) is 17.0 Å². The summed E-state index contributed by atoms with van der Waals surface area (Å²) >= 11 is 0. The molecule has 1 aromatic carbocycles. The van der Waals surface area contributed by atoms with Crippen molar-refractivity contribution in [2.75, 3.05) is 18.1 Å². The Balaban J connectivity index is 1.91. The van der Waals surface area contributed by atoms with E-state index in [1.165, 1.54) is 11.3 Å². The molecule has 2 aliphatic heterocycles. The molecule has 2 unspecified atom stereocenters. The van der Waals surface area contributed by atoms with Gasteiger partial charge in [-0.15, -0.1) is 0 Å². The van der Waals surface area contributed by atoms with Crippen LogP contribution in [0.15, 0.2) is 24.3 Å². The zero-order chi connectivity index (χ0) is 11.8. The summed E-state index contributed by atoms with van der Waals surface area (Å²) in [5.74, 6) is -0.869. The smallest absolute Gasteiger partial charge is 0.334 e. The van der Waals surface area contributed by atoms with Crippen molar-refractivity contribution >= 4 is 11.7 Å². The molecule has 17 heavy (non-hydrogen) atoms. The second-order valence-electron chi connectivity index (χ2n) is 4.63. The van der Waals surface area contributed by atoms with Crippen molar-refractivity contribution in [2.24, 2.45) is 0 Å². The molecule has 4 heteroatoms. The molecule has 1 fully saturated rings. The lowest BCUT2D eigenvalue weighted by atomic mass is 9.94. The van der Waals surface area contributed by atoms with Crippen LogP contribution in [0, 0.1) is 0 Å². The third-order valence-corrected chi connectivity index (χ3v) is 3.62. The Labute approximate surface area is 99.8 Å². The number of anilines is 1. The average Bonchev–Trinajstić information content (AvgIpc) is 2.38. The minimum Gasteiger partial charge on any atom is -0.479 e. The van der Waals surface area contributed by atoms with Gasteiger partial charge in [0.1, 0.15) is 0 Å². The summed E-state index contributed by atoms with van der Waals surface area (Å²) in [6.45, 7) is 0.975. The summed E-state index contributed by atoms with van der Waals surface area (Å²) in [7, 11) is 0. The van der Waals surface area contributed by atoms with Gasteiger partial charge in [-0.25, -0.2) is 4.79 Å². The standard InChI is InChI=1S/C13H15NO3/c15-13(16)12-7-14-10(8-17-12)6-5-9-3-1-2-4-11(9)14/h1-4,10,12H,5-8H2,(H,15,16). The van der Waals surface area contributed by atoms with E-state index in [1.54, 1.807) is 0 Å². The van der Waals surface area contributed by atoms with Crippen molar-refractivity contribution in [1.82, 2.24) is 0 Å². The molecular formula is C13H15NO3. The summed E-state index contributed by atoms with van der Waals surface area (Å²) in [5.41, 5.74) is 2.49. The molecule has 0 amide bonds. The maximum absolute atomic E-state index is 11.0. The normalized spacial score (nSPS) is 27.2. The molecule has 3 rings (SSSR count). The number of nitrogens with zero attached hydrogens (tertiary/aromatic N) is 1. The third kappa shape index (κ3) is 1.78. The van der Waals surface area contributed by atoms with Gasteiger partial charge >= 0.3 is 5.97 Å². The lowest BCUT2D eigenvalue weighted by Gasteiger charge is -2.43. The van der Waals surface area contributed by atoms with Crippen molar-refractivity contribution in [3.8, 4) is 0 Å². The quantitative estimate of drug-likeness (QED) is 0.794. The second kappa shape index (κ2) is 4.04. The highest BCUT2D eigenvalue weighted by Crippen LogP contribution is 2.32. The molecule has 0 aliphatic carbocycles. The largest absolute Gasteiger partial charge is 0.479 e. The minimum atomic E-state index is -0.869. The van der Waals surface area contributed by atoms with Gasteiger partial charge < -0.3 is 14.7 Å². The molecule has 1 aromatic rings. The number of hydrogen-bond acceptors (Lipinski definition) is 3. The minimum absolute atomic E-state index is 0.334.